The number of hydrogen-bond acceptors (Lipinski definition) is 4. The molecule has 4 nitrogen and oxygen atoms in total. The zero-order chi connectivity index (χ0) is 14.1. The number of halogens is 1. The molecule has 0 unspecified atom stereocenters. The lowest BCUT2D eigenvalue weighted by molar-refractivity contribution is 0.174. The molecule has 0 radical (unpaired) electrons. The quantitative estimate of drug-likeness (QED) is 0.856. The van der Waals surface area contributed by atoms with Crippen LogP contribution in [0.1, 0.15) is 5.56 Å². The van der Waals surface area contributed by atoms with Gasteiger partial charge in [-0.3, -0.25) is 0 Å². The highest BCUT2D eigenvalue weighted by molar-refractivity contribution is 9.10. The standard InChI is InChI=1S/C14H10BrNO3S/c15-11-5-8(1-3-10(11)14(16)20)19-9-2-4-12-13(6-9)18-7-17-12/h1-6H,7H2,(H2,16,20). The number of nitrogens with two attached hydrogens (primary N) is 1. The Hall–Kier alpha value is -1.79. The van der Waals surface area contributed by atoms with Crippen LogP contribution < -0.4 is 19.9 Å². The van der Waals surface area contributed by atoms with Gasteiger partial charge in [-0.05, 0) is 46.3 Å². The molecule has 0 amide bonds. The fourth-order valence-corrected chi connectivity index (χ4v) is 2.72. The van der Waals surface area contributed by atoms with Crippen LogP contribution in [0.4, 0.5) is 0 Å². The molecule has 1 aliphatic rings. The minimum Gasteiger partial charge on any atom is -0.457 e. The van der Waals surface area contributed by atoms with Crippen molar-refractivity contribution in [1.29, 1.82) is 0 Å². The van der Waals surface area contributed by atoms with Gasteiger partial charge in [-0.1, -0.05) is 12.2 Å². The maximum atomic E-state index is 5.77. The molecule has 6 heteroatoms. The van der Waals surface area contributed by atoms with Gasteiger partial charge in [-0.15, -0.1) is 0 Å². The minimum absolute atomic E-state index is 0.243. The summed E-state index contributed by atoms with van der Waals surface area (Å²) in [5.74, 6) is 2.75. The number of rotatable bonds is 3. The summed E-state index contributed by atoms with van der Waals surface area (Å²) in [5, 5.41) is 0. The molecular formula is C14H10BrNO3S. The van der Waals surface area contributed by atoms with Crippen molar-refractivity contribution in [2.24, 2.45) is 5.73 Å². The zero-order valence-corrected chi connectivity index (χ0v) is 12.7. The highest BCUT2D eigenvalue weighted by Gasteiger charge is 2.14. The molecule has 0 saturated carbocycles. The number of fused-ring (bicyclic) bond motifs is 1. The van der Waals surface area contributed by atoms with Crippen molar-refractivity contribution < 1.29 is 14.2 Å². The largest absolute Gasteiger partial charge is 0.457 e. The molecule has 0 saturated heterocycles. The number of thiocarbonyl (C=S) groups is 1. The molecule has 20 heavy (non-hydrogen) atoms. The van der Waals surface area contributed by atoms with Crippen LogP contribution in [-0.2, 0) is 0 Å². The lowest BCUT2D eigenvalue weighted by Gasteiger charge is -2.09. The first kappa shape index (κ1) is 13.2. The maximum Gasteiger partial charge on any atom is 0.231 e. The molecular weight excluding hydrogens is 342 g/mol. The zero-order valence-electron chi connectivity index (χ0n) is 10.3. The summed E-state index contributed by atoms with van der Waals surface area (Å²) in [5.41, 5.74) is 6.38. The van der Waals surface area contributed by atoms with Crippen molar-refractivity contribution >= 4 is 33.1 Å². The average molecular weight is 352 g/mol. The second kappa shape index (κ2) is 5.30. The van der Waals surface area contributed by atoms with E-state index in [4.69, 9.17) is 32.2 Å². The molecule has 1 aliphatic heterocycles. The van der Waals surface area contributed by atoms with Crippen LogP contribution in [0.25, 0.3) is 0 Å². The van der Waals surface area contributed by atoms with Crippen LogP contribution in [-0.4, -0.2) is 11.8 Å². The van der Waals surface area contributed by atoms with Gasteiger partial charge >= 0.3 is 0 Å². The maximum absolute atomic E-state index is 5.77. The van der Waals surface area contributed by atoms with Gasteiger partial charge in [-0.25, -0.2) is 0 Å². The Morgan fingerprint density at radius 1 is 1.10 bits per heavy atom. The van der Waals surface area contributed by atoms with Crippen molar-refractivity contribution in [2.45, 2.75) is 0 Å². The predicted octanol–water partition coefficient (Wildman–Crippen LogP) is 3.60. The van der Waals surface area contributed by atoms with E-state index in [9.17, 15) is 0 Å². The molecule has 0 bridgehead atoms. The van der Waals surface area contributed by atoms with E-state index in [1.165, 1.54) is 0 Å². The molecule has 2 N–H and O–H groups in total. The molecule has 102 valence electrons. The Labute approximate surface area is 129 Å². The second-order valence-corrected chi connectivity index (χ2v) is 5.42. The Bertz CT molecular complexity index is 690. The van der Waals surface area contributed by atoms with Crippen molar-refractivity contribution in [3.8, 4) is 23.0 Å². The van der Waals surface area contributed by atoms with E-state index in [2.05, 4.69) is 15.9 Å². The van der Waals surface area contributed by atoms with E-state index < -0.39 is 0 Å². The molecule has 0 atom stereocenters. The summed E-state index contributed by atoms with van der Waals surface area (Å²) in [6, 6.07) is 10.9. The molecule has 2 aromatic carbocycles. The van der Waals surface area contributed by atoms with Gasteiger partial charge in [-0.2, -0.15) is 0 Å². The van der Waals surface area contributed by atoms with Gasteiger partial charge in [0.25, 0.3) is 0 Å². The molecule has 0 fully saturated rings. The Morgan fingerprint density at radius 2 is 1.80 bits per heavy atom. The smallest absolute Gasteiger partial charge is 0.231 e. The summed E-state index contributed by atoms with van der Waals surface area (Å²) in [7, 11) is 0. The predicted molar refractivity (Wildman–Crippen MR) is 82.7 cm³/mol. The van der Waals surface area contributed by atoms with E-state index in [-0.39, 0.29) is 6.79 Å². The van der Waals surface area contributed by atoms with Crippen LogP contribution in [0.5, 0.6) is 23.0 Å². The van der Waals surface area contributed by atoms with Crippen LogP contribution in [0, 0.1) is 0 Å². The van der Waals surface area contributed by atoms with E-state index in [0.717, 1.165) is 15.8 Å². The molecule has 2 aromatic rings. The Morgan fingerprint density at radius 3 is 2.55 bits per heavy atom. The first-order valence-electron chi connectivity index (χ1n) is 5.80. The normalized spacial score (nSPS) is 12.2. The van der Waals surface area contributed by atoms with Gasteiger partial charge in [0.1, 0.15) is 16.5 Å². The van der Waals surface area contributed by atoms with Crippen LogP contribution in [0.2, 0.25) is 0 Å². The second-order valence-electron chi connectivity index (χ2n) is 4.12. The fraction of sp³-hybridized carbons (Fsp3) is 0.0714. The van der Waals surface area contributed by atoms with Gasteiger partial charge < -0.3 is 19.9 Å². The van der Waals surface area contributed by atoms with Gasteiger partial charge in [0.05, 0.1) is 0 Å². The van der Waals surface area contributed by atoms with E-state index in [0.29, 0.717) is 22.2 Å². The highest BCUT2D eigenvalue weighted by atomic mass is 79.9. The monoisotopic (exact) mass is 351 g/mol. The Balaban J connectivity index is 1.84. The Kier molecular flexibility index (Phi) is 3.50. The summed E-state index contributed by atoms with van der Waals surface area (Å²) < 4.78 is 17.1. The van der Waals surface area contributed by atoms with Crippen LogP contribution in [0.15, 0.2) is 40.9 Å². The third-order valence-electron chi connectivity index (χ3n) is 2.79. The highest BCUT2D eigenvalue weighted by Crippen LogP contribution is 2.37. The van der Waals surface area contributed by atoms with Crippen molar-refractivity contribution in [3.63, 3.8) is 0 Å². The lowest BCUT2D eigenvalue weighted by Crippen LogP contribution is -2.09. The lowest BCUT2D eigenvalue weighted by atomic mass is 10.2. The number of hydrogen-bond donors (Lipinski definition) is 1. The van der Waals surface area contributed by atoms with Crippen LogP contribution >= 0.6 is 28.1 Å². The molecule has 0 aliphatic carbocycles. The van der Waals surface area contributed by atoms with E-state index in [1.54, 1.807) is 6.07 Å². The van der Waals surface area contributed by atoms with Crippen molar-refractivity contribution in [3.05, 3.63) is 46.4 Å². The molecule has 1 heterocycles. The molecule has 0 aromatic heterocycles. The SMILES string of the molecule is NC(=S)c1ccc(Oc2ccc3c(c2)OCO3)cc1Br. The first-order chi connectivity index (χ1) is 9.63. The topological polar surface area (TPSA) is 53.7 Å². The summed E-state index contributed by atoms with van der Waals surface area (Å²) in [6.07, 6.45) is 0. The van der Waals surface area contributed by atoms with Gasteiger partial charge in [0.15, 0.2) is 11.5 Å². The first-order valence-corrected chi connectivity index (χ1v) is 7.00. The van der Waals surface area contributed by atoms with E-state index >= 15 is 0 Å². The van der Waals surface area contributed by atoms with Crippen molar-refractivity contribution in [1.82, 2.24) is 0 Å². The number of ether oxygens (including phenoxy) is 3. The minimum atomic E-state index is 0.243. The average Bonchev–Trinajstić information content (AvgIpc) is 2.85. The molecule has 0 spiro atoms. The fourth-order valence-electron chi connectivity index (χ4n) is 1.84. The number of benzene rings is 2. The van der Waals surface area contributed by atoms with Gasteiger partial charge in [0.2, 0.25) is 6.79 Å². The third-order valence-corrected chi connectivity index (χ3v) is 3.66. The summed E-state index contributed by atoms with van der Waals surface area (Å²) in [4.78, 5) is 0.339. The summed E-state index contributed by atoms with van der Waals surface area (Å²) >= 11 is 8.37. The van der Waals surface area contributed by atoms with Gasteiger partial charge in [0, 0.05) is 16.1 Å². The van der Waals surface area contributed by atoms with Crippen LogP contribution in [0.3, 0.4) is 0 Å². The van der Waals surface area contributed by atoms with Crippen molar-refractivity contribution in [2.75, 3.05) is 6.79 Å². The van der Waals surface area contributed by atoms with E-state index in [1.807, 2.05) is 30.3 Å². The molecule has 3 rings (SSSR count). The summed E-state index contributed by atoms with van der Waals surface area (Å²) in [6.45, 7) is 0.243. The third kappa shape index (κ3) is 2.57.